The molecule has 10 N–H and O–H groups in total. The molecule has 0 aliphatic rings. The van der Waals surface area contributed by atoms with Crippen LogP contribution >= 0.6 is 12.6 Å². The fourth-order valence-corrected chi connectivity index (χ4v) is 4.32. The molecule has 0 fully saturated rings. The number of H-pyrrole nitrogens is 1. The number of nitrogens with zero attached hydrogens (tertiary/aromatic N) is 3. The normalized spacial score (nSPS) is 13.3. The van der Waals surface area contributed by atoms with Crippen LogP contribution in [0.25, 0.3) is 11.2 Å². The number of aldehydes is 2. The molecule has 0 bridgehead atoms. The number of carbonyl (C=O) groups excluding carboxylic acids is 6. The van der Waals surface area contributed by atoms with Gasteiger partial charge in [0.05, 0.1) is 30.5 Å². The van der Waals surface area contributed by atoms with Crippen LogP contribution in [0.4, 0.5) is 11.6 Å². The number of aromatic amines is 1. The van der Waals surface area contributed by atoms with Gasteiger partial charge in [0.2, 0.25) is 23.7 Å². The van der Waals surface area contributed by atoms with Crippen molar-refractivity contribution in [3.05, 3.63) is 52.1 Å². The molecule has 19 heteroatoms. The van der Waals surface area contributed by atoms with Crippen LogP contribution in [0.15, 0.2) is 35.3 Å². The molecule has 3 rings (SSSR count). The summed E-state index contributed by atoms with van der Waals surface area (Å²) in [5, 5.41) is 13.1. The Morgan fingerprint density at radius 1 is 1.00 bits per heavy atom. The summed E-state index contributed by atoms with van der Waals surface area (Å²) in [4.78, 5) is 99.0. The Hall–Kier alpha value is -5.43. The van der Waals surface area contributed by atoms with Crippen molar-refractivity contribution in [3.8, 4) is 0 Å². The Morgan fingerprint density at radius 3 is 2.35 bits per heavy atom. The lowest BCUT2D eigenvalue weighted by Gasteiger charge is -2.21. The molecule has 4 atom stereocenters. The Balaban J connectivity index is 1.42. The molecule has 0 aliphatic heterocycles. The molecule has 0 saturated carbocycles. The molecule has 1 aromatic carbocycles. The minimum atomic E-state index is -1.18. The Morgan fingerprint density at radius 2 is 1.71 bits per heavy atom. The highest BCUT2D eigenvalue weighted by atomic mass is 32.1. The van der Waals surface area contributed by atoms with Gasteiger partial charge in [0.1, 0.15) is 24.7 Å². The molecule has 0 unspecified atom stereocenters. The zero-order chi connectivity index (χ0) is 35.2. The number of nitrogens with two attached hydrogens (primary N) is 2. The summed E-state index contributed by atoms with van der Waals surface area (Å²) >= 11 is 3.97. The van der Waals surface area contributed by atoms with E-state index >= 15 is 0 Å². The molecule has 4 amide bonds. The number of hydrogen-bond donors (Lipinski definition) is 9. The second kappa shape index (κ2) is 18.0. The van der Waals surface area contributed by atoms with E-state index in [1.54, 1.807) is 19.1 Å². The molecule has 18 nitrogen and oxygen atoms in total. The van der Waals surface area contributed by atoms with E-state index in [1.807, 2.05) is 0 Å². The lowest BCUT2D eigenvalue weighted by atomic mass is 10.1. The summed E-state index contributed by atoms with van der Waals surface area (Å²) in [7, 11) is 0. The smallest absolute Gasteiger partial charge is 0.280 e. The fraction of sp³-hybridized carbons (Fsp3) is 0.379. The van der Waals surface area contributed by atoms with Crippen LogP contribution in [0.5, 0.6) is 0 Å². The number of carbonyl (C=O) groups is 6. The quantitative estimate of drug-likeness (QED) is 0.0516. The summed E-state index contributed by atoms with van der Waals surface area (Å²) in [5.41, 5.74) is 12.4. The Bertz CT molecular complexity index is 1690. The van der Waals surface area contributed by atoms with Gasteiger partial charge in [-0.2, -0.15) is 17.6 Å². The van der Waals surface area contributed by atoms with Gasteiger partial charge in [0.25, 0.3) is 11.5 Å². The van der Waals surface area contributed by atoms with Crippen molar-refractivity contribution in [3.63, 3.8) is 0 Å². The van der Waals surface area contributed by atoms with Gasteiger partial charge in [0.15, 0.2) is 11.2 Å². The molecule has 0 spiro atoms. The first kappa shape index (κ1) is 37.0. The molecule has 0 radical (unpaired) electrons. The number of thiol groups is 1. The summed E-state index contributed by atoms with van der Waals surface area (Å²) in [5.74, 6) is -2.27. The van der Waals surface area contributed by atoms with Gasteiger partial charge >= 0.3 is 0 Å². The molecular formula is C29H37N11O7S. The lowest BCUT2D eigenvalue weighted by molar-refractivity contribution is -0.130. The van der Waals surface area contributed by atoms with Crippen LogP contribution in [-0.4, -0.2) is 92.6 Å². The third kappa shape index (κ3) is 10.8. The maximum atomic E-state index is 12.7. The molecule has 0 saturated heterocycles. The highest BCUT2D eigenvalue weighted by Gasteiger charge is 2.24. The molecule has 2 aromatic heterocycles. The maximum absolute atomic E-state index is 12.7. The largest absolute Gasteiger partial charge is 0.379 e. The number of nitrogen functional groups attached to an aromatic ring is 1. The van der Waals surface area contributed by atoms with Crippen LogP contribution in [0.2, 0.25) is 0 Å². The number of aromatic nitrogens is 4. The van der Waals surface area contributed by atoms with E-state index < -0.39 is 53.4 Å². The third-order valence-corrected chi connectivity index (χ3v) is 7.25. The number of nitrogens with one attached hydrogen (secondary N) is 6. The minimum absolute atomic E-state index is 0.0129. The van der Waals surface area contributed by atoms with Gasteiger partial charge in [-0.15, -0.1) is 0 Å². The number of fused-ring (bicyclic) bond motifs is 1. The lowest BCUT2D eigenvalue weighted by Crippen LogP contribution is -2.55. The van der Waals surface area contributed by atoms with Crippen molar-refractivity contribution in [1.29, 1.82) is 0 Å². The zero-order valence-electron chi connectivity index (χ0n) is 25.9. The van der Waals surface area contributed by atoms with Gasteiger partial charge in [0, 0.05) is 30.0 Å². The first-order chi connectivity index (χ1) is 23.0. The number of hydrogen-bond acceptors (Lipinski definition) is 14. The van der Waals surface area contributed by atoms with Crippen molar-refractivity contribution in [2.75, 3.05) is 23.3 Å². The molecule has 48 heavy (non-hydrogen) atoms. The maximum Gasteiger partial charge on any atom is 0.280 e. The summed E-state index contributed by atoms with van der Waals surface area (Å²) in [6.45, 7) is 1.64. The molecule has 0 aliphatic carbocycles. The van der Waals surface area contributed by atoms with Gasteiger partial charge < -0.3 is 47.6 Å². The Labute approximate surface area is 279 Å². The van der Waals surface area contributed by atoms with E-state index in [0.717, 1.165) is 0 Å². The number of amides is 4. The van der Waals surface area contributed by atoms with Crippen molar-refractivity contribution in [2.24, 2.45) is 5.73 Å². The third-order valence-electron chi connectivity index (χ3n) is 6.86. The van der Waals surface area contributed by atoms with Crippen molar-refractivity contribution in [1.82, 2.24) is 41.2 Å². The fourth-order valence-electron chi connectivity index (χ4n) is 4.14. The van der Waals surface area contributed by atoms with Gasteiger partial charge in [-0.05, 0) is 37.1 Å². The highest BCUT2D eigenvalue weighted by Crippen LogP contribution is 2.12. The van der Waals surface area contributed by atoms with Crippen LogP contribution in [0, 0.1) is 0 Å². The summed E-state index contributed by atoms with van der Waals surface area (Å²) in [6, 6.07) is 2.47. The average molecular weight is 684 g/mol. The van der Waals surface area contributed by atoms with E-state index in [2.05, 4.69) is 59.1 Å². The SMILES string of the molecule is CC[C@H](NC(=O)[C@@H](N)CNC(=O)CC[C@H](C=O)NC(=O)c1ccc(NCc2cnc3nc(N)[nH]c(=O)c3n2)cc1)C(=O)N[C@H](C=O)CS. The van der Waals surface area contributed by atoms with Crippen molar-refractivity contribution < 1.29 is 28.8 Å². The molecule has 256 valence electrons. The second-order valence-electron chi connectivity index (χ2n) is 10.5. The minimum Gasteiger partial charge on any atom is -0.379 e. The first-order valence-electron chi connectivity index (χ1n) is 14.8. The van der Waals surface area contributed by atoms with Gasteiger partial charge in [-0.1, -0.05) is 6.92 Å². The van der Waals surface area contributed by atoms with E-state index in [0.29, 0.717) is 24.0 Å². The number of rotatable bonds is 18. The van der Waals surface area contributed by atoms with Crippen molar-refractivity contribution in [2.45, 2.75) is 56.9 Å². The Kier molecular flexibility index (Phi) is 13.9. The predicted octanol–water partition coefficient (Wildman–Crippen LogP) is -2.06. The van der Waals surface area contributed by atoms with Crippen molar-refractivity contribution >= 4 is 71.6 Å². The molecular weight excluding hydrogens is 646 g/mol. The molecule has 2 heterocycles. The van der Waals surface area contributed by atoms with E-state index in [1.165, 1.54) is 18.3 Å². The summed E-state index contributed by atoms with van der Waals surface area (Å²) < 4.78 is 0. The number of anilines is 2. The van der Waals surface area contributed by atoms with E-state index in [9.17, 15) is 33.6 Å². The number of benzene rings is 1. The first-order valence-corrected chi connectivity index (χ1v) is 15.4. The van der Waals surface area contributed by atoms with E-state index in [-0.39, 0.29) is 60.8 Å². The standard InChI is InChI=1S/C29H37N11O7S/c1-2-21(27(46)37-19(13-42)14-48)38-26(45)20(30)11-33-22(43)8-7-17(12-41)36-25(44)15-3-5-16(6-4-15)32-9-18-10-34-24-23(35-18)28(47)40-29(31)39-24/h3-6,10,12-13,17,19-21,32,48H,2,7-9,11,14,30H2,1H3,(H,33,43)(H,36,44)(H,37,46)(H,38,45)(H3,31,34,39,40,47)/t17-,19-,20+,21+/m1/s1. The van der Waals surface area contributed by atoms with Gasteiger partial charge in [-0.3, -0.25) is 29.0 Å². The van der Waals surface area contributed by atoms with Crippen LogP contribution in [0.3, 0.4) is 0 Å². The zero-order valence-corrected chi connectivity index (χ0v) is 26.8. The average Bonchev–Trinajstić information content (AvgIpc) is 3.09. The van der Waals surface area contributed by atoms with E-state index in [4.69, 9.17) is 11.5 Å². The van der Waals surface area contributed by atoms with Crippen LogP contribution < -0.4 is 43.6 Å². The predicted molar refractivity (Wildman–Crippen MR) is 178 cm³/mol. The topological polar surface area (TPSA) is 286 Å². The highest BCUT2D eigenvalue weighted by molar-refractivity contribution is 7.80. The van der Waals surface area contributed by atoms with Crippen LogP contribution in [-0.2, 0) is 30.5 Å². The second-order valence-corrected chi connectivity index (χ2v) is 10.8. The van der Waals surface area contributed by atoms with Crippen LogP contribution in [0.1, 0.15) is 42.2 Å². The monoisotopic (exact) mass is 683 g/mol. The summed E-state index contributed by atoms with van der Waals surface area (Å²) in [6.07, 6.45) is 2.57. The van der Waals surface area contributed by atoms with Gasteiger partial charge in [-0.25, -0.2) is 9.97 Å². The molecule has 3 aromatic rings.